The number of nitrogens with one attached hydrogen (secondary N) is 1. The van der Waals surface area contributed by atoms with Crippen LogP contribution in [0.5, 0.6) is 11.5 Å². The summed E-state index contributed by atoms with van der Waals surface area (Å²) in [5, 5.41) is 4.24. The molecule has 0 fully saturated rings. The first kappa shape index (κ1) is 21.7. The van der Waals surface area contributed by atoms with Gasteiger partial charge in [0.1, 0.15) is 11.5 Å². The first-order valence-corrected chi connectivity index (χ1v) is 11.4. The maximum Gasteiger partial charge on any atom is 0.220 e. The van der Waals surface area contributed by atoms with Crippen molar-refractivity contribution in [2.24, 2.45) is 0 Å². The summed E-state index contributed by atoms with van der Waals surface area (Å²) in [6.07, 6.45) is 3.52. The van der Waals surface area contributed by atoms with Crippen LogP contribution in [0, 0.1) is 0 Å². The molecule has 0 aliphatic rings. The quantitative estimate of drug-likeness (QED) is 0.332. The molecule has 3 aromatic carbocycles. The Morgan fingerprint density at radius 3 is 2.47 bits per heavy atom. The van der Waals surface area contributed by atoms with Crippen LogP contribution in [0.15, 0.2) is 85.1 Å². The number of aromatic nitrogens is 1. The van der Waals surface area contributed by atoms with Gasteiger partial charge in [0.2, 0.25) is 5.91 Å². The first-order chi connectivity index (χ1) is 15.7. The normalized spacial score (nSPS) is 11.9. The highest BCUT2D eigenvalue weighted by atomic mass is 16.5. The molecule has 164 valence electrons. The molecule has 0 aliphatic heterocycles. The third-order valence-electron chi connectivity index (χ3n) is 5.74. The number of para-hydroxylation sites is 2. The Balaban J connectivity index is 1.74. The van der Waals surface area contributed by atoms with E-state index in [2.05, 4.69) is 66.3 Å². The molecule has 0 aliphatic carbocycles. The van der Waals surface area contributed by atoms with Gasteiger partial charge >= 0.3 is 0 Å². The summed E-state index contributed by atoms with van der Waals surface area (Å²) in [4.78, 5) is 12.8. The second-order valence-electron chi connectivity index (χ2n) is 7.98. The second kappa shape index (κ2) is 10.2. The number of ether oxygens (including phenoxy) is 1. The highest BCUT2D eigenvalue weighted by Crippen LogP contribution is 2.36. The number of hydrogen-bond acceptors (Lipinski definition) is 2. The highest BCUT2D eigenvalue weighted by molar-refractivity contribution is 5.86. The number of amides is 1. The predicted octanol–water partition coefficient (Wildman–Crippen LogP) is 6.50. The molecule has 1 atom stereocenters. The number of aryl methyl sites for hydroxylation is 1. The average molecular weight is 427 g/mol. The fourth-order valence-electron chi connectivity index (χ4n) is 4.16. The third-order valence-corrected chi connectivity index (χ3v) is 5.74. The van der Waals surface area contributed by atoms with Gasteiger partial charge in [-0.3, -0.25) is 4.79 Å². The van der Waals surface area contributed by atoms with Gasteiger partial charge in [-0.05, 0) is 54.8 Å². The number of hydrogen-bond donors (Lipinski definition) is 1. The van der Waals surface area contributed by atoms with Gasteiger partial charge in [-0.25, -0.2) is 0 Å². The lowest BCUT2D eigenvalue weighted by molar-refractivity contribution is -0.121. The Hall–Kier alpha value is -3.53. The summed E-state index contributed by atoms with van der Waals surface area (Å²) in [5.41, 5.74) is 3.44. The Labute approximate surface area is 189 Å². The number of nitrogens with zero attached hydrogens (tertiary/aromatic N) is 1. The van der Waals surface area contributed by atoms with Crippen molar-refractivity contribution >= 4 is 16.8 Å². The zero-order valence-corrected chi connectivity index (χ0v) is 18.8. The Morgan fingerprint density at radius 2 is 1.69 bits per heavy atom. The molecular weight excluding hydrogens is 396 g/mol. The number of carbonyl (C=O) groups is 1. The fourth-order valence-corrected chi connectivity index (χ4v) is 4.16. The smallest absolute Gasteiger partial charge is 0.220 e. The van der Waals surface area contributed by atoms with E-state index in [1.807, 2.05) is 42.5 Å². The van der Waals surface area contributed by atoms with Crippen molar-refractivity contribution < 1.29 is 9.53 Å². The van der Waals surface area contributed by atoms with Crippen LogP contribution in [-0.4, -0.2) is 17.0 Å². The molecule has 4 aromatic rings. The lowest BCUT2D eigenvalue weighted by Crippen LogP contribution is -2.26. The molecule has 0 spiro atoms. The van der Waals surface area contributed by atoms with Crippen LogP contribution in [-0.2, 0) is 11.3 Å². The van der Waals surface area contributed by atoms with E-state index < -0.39 is 0 Å². The zero-order valence-electron chi connectivity index (χ0n) is 18.8. The average Bonchev–Trinajstić information content (AvgIpc) is 3.20. The zero-order chi connectivity index (χ0) is 22.3. The third kappa shape index (κ3) is 4.86. The van der Waals surface area contributed by atoms with E-state index in [-0.39, 0.29) is 11.8 Å². The van der Waals surface area contributed by atoms with E-state index in [0.29, 0.717) is 13.0 Å². The van der Waals surface area contributed by atoms with E-state index in [1.54, 1.807) is 0 Å². The Bertz CT molecular complexity index is 1180. The van der Waals surface area contributed by atoms with Crippen molar-refractivity contribution in [1.29, 1.82) is 0 Å². The number of carbonyl (C=O) groups excluding carboxylic acids is 1. The van der Waals surface area contributed by atoms with Gasteiger partial charge in [-0.1, -0.05) is 55.5 Å². The molecule has 1 heterocycles. The van der Waals surface area contributed by atoms with Crippen LogP contribution in [0.25, 0.3) is 10.9 Å². The Kier molecular flexibility index (Phi) is 6.90. The minimum atomic E-state index is -0.0659. The summed E-state index contributed by atoms with van der Waals surface area (Å²) in [5.74, 6) is 1.57. The van der Waals surface area contributed by atoms with Crippen molar-refractivity contribution in [2.75, 3.05) is 6.54 Å². The van der Waals surface area contributed by atoms with Crippen LogP contribution in [0.3, 0.4) is 0 Å². The molecule has 4 rings (SSSR count). The van der Waals surface area contributed by atoms with E-state index >= 15 is 0 Å². The van der Waals surface area contributed by atoms with Crippen molar-refractivity contribution in [3.63, 3.8) is 0 Å². The van der Waals surface area contributed by atoms with E-state index in [0.717, 1.165) is 30.0 Å². The van der Waals surface area contributed by atoms with E-state index in [1.165, 1.54) is 16.5 Å². The van der Waals surface area contributed by atoms with Gasteiger partial charge in [-0.2, -0.15) is 0 Å². The molecule has 1 unspecified atom stereocenters. The summed E-state index contributed by atoms with van der Waals surface area (Å²) in [7, 11) is 0. The standard InChI is InChI=1S/C28H30N2O2/c1-3-17-29-28(31)19-25(26-20-30(4-2)27-16-9-8-15-24(26)27)21-11-10-14-23(18-21)32-22-12-6-5-7-13-22/h5-16,18,20,25H,3-4,17,19H2,1-2H3,(H,29,31). The summed E-state index contributed by atoms with van der Waals surface area (Å²) in [6.45, 7) is 5.79. The molecule has 1 N–H and O–H groups in total. The highest BCUT2D eigenvalue weighted by Gasteiger charge is 2.23. The predicted molar refractivity (Wildman–Crippen MR) is 130 cm³/mol. The summed E-state index contributed by atoms with van der Waals surface area (Å²) >= 11 is 0. The SMILES string of the molecule is CCCNC(=O)CC(c1cccc(Oc2ccccc2)c1)c1cn(CC)c2ccccc12. The molecule has 4 nitrogen and oxygen atoms in total. The molecule has 0 bridgehead atoms. The monoisotopic (exact) mass is 426 g/mol. The molecule has 0 radical (unpaired) electrons. The largest absolute Gasteiger partial charge is 0.457 e. The van der Waals surface area contributed by atoms with Gasteiger partial charge in [0, 0.05) is 42.5 Å². The molecule has 4 heteroatoms. The topological polar surface area (TPSA) is 43.3 Å². The van der Waals surface area contributed by atoms with Gasteiger partial charge in [0.25, 0.3) is 0 Å². The maximum atomic E-state index is 12.8. The lowest BCUT2D eigenvalue weighted by atomic mass is 9.88. The van der Waals surface area contributed by atoms with Crippen molar-refractivity contribution in [1.82, 2.24) is 9.88 Å². The number of fused-ring (bicyclic) bond motifs is 1. The molecule has 1 aromatic heterocycles. The van der Waals surface area contributed by atoms with Crippen LogP contribution < -0.4 is 10.1 Å². The van der Waals surface area contributed by atoms with Gasteiger partial charge < -0.3 is 14.6 Å². The Morgan fingerprint density at radius 1 is 0.938 bits per heavy atom. The lowest BCUT2D eigenvalue weighted by Gasteiger charge is -2.18. The van der Waals surface area contributed by atoms with Crippen LogP contribution in [0.2, 0.25) is 0 Å². The van der Waals surface area contributed by atoms with E-state index in [9.17, 15) is 4.79 Å². The van der Waals surface area contributed by atoms with Crippen LogP contribution in [0.4, 0.5) is 0 Å². The van der Waals surface area contributed by atoms with Crippen molar-refractivity contribution in [3.05, 3.63) is 96.2 Å². The minimum Gasteiger partial charge on any atom is -0.457 e. The first-order valence-electron chi connectivity index (χ1n) is 11.4. The summed E-state index contributed by atoms with van der Waals surface area (Å²) < 4.78 is 8.34. The molecule has 0 saturated heterocycles. The number of benzene rings is 3. The van der Waals surface area contributed by atoms with Crippen LogP contribution >= 0.6 is 0 Å². The van der Waals surface area contributed by atoms with Crippen molar-refractivity contribution in [2.45, 2.75) is 39.2 Å². The van der Waals surface area contributed by atoms with Gasteiger partial charge in [0.05, 0.1) is 0 Å². The van der Waals surface area contributed by atoms with Crippen LogP contribution in [0.1, 0.15) is 43.7 Å². The van der Waals surface area contributed by atoms with Gasteiger partial charge in [0.15, 0.2) is 0 Å². The van der Waals surface area contributed by atoms with E-state index in [4.69, 9.17) is 4.74 Å². The fraction of sp³-hybridized carbons (Fsp3) is 0.250. The summed E-state index contributed by atoms with van der Waals surface area (Å²) in [6, 6.07) is 26.3. The molecular formula is C28H30N2O2. The minimum absolute atomic E-state index is 0.0659. The maximum absolute atomic E-state index is 12.8. The molecule has 32 heavy (non-hydrogen) atoms. The number of rotatable bonds is 9. The molecule has 0 saturated carbocycles. The van der Waals surface area contributed by atoms with Crippen molar-refractivity contribution in [3.8, 4) is 11.5 Å². The molecule has 1 amide bonds. The van der Waals surface area contributed by atoms with Gasteiger partial charge in [-0.15, -0.1) is 0 Å². The second-order valence-corrected chi connectivity index (χ2v) is 7.98.